The maximum Gasteiger partial charge on any atom is 0.198 e. The van der Waals surface area contributed by atoms with Gasteiger partial charge in [-0.25, -0.2) is 0 Å². The molecular weight excluding hydrogens is 304 g/mol. The van der Waals surface area contributed by atoms with Crippen LogP contribution >= 0.6 is 15.9 Å². The summed E-state index contributed by atoms with van der Waals surface area (Å²) in [5.41, 5.74) is 0.934. The molecule has 2 nitrogen and oxygen atoms in total. The summed E-state index contributed by atoms with van der Waals surface area (Å²) < 4.78 is 0.960. The number of aliphatic hydroxyl groups is 1. The SMILES string of the molecule is O=C(c1ccccc1)C1(O)CCc2c(Br)cccc21. The normalized spacial score (nSPS) is 21.2. The van der Waals surface area contributed by atoms with E-state index in [2.05, 4.69) is 15.9 Å². The number of halogens is 1. The molecule has 19 heavy (non-hydrogen) atoms. The Morgan fingerprint density at radius 3 is 2.58 bits per heavy atom. The Morgan fingerprint density at radius 2 is 1.84 bits per heavy atom. The number of rotatable bonds is 2. The first kappa shape index (κ1) is 12.6. The molecule has 1 aliphatic carbocycles. The summed E-state index contributed by atoms with van der Waals surface area (Å²) in [5.74, 6) is -0.218. The van der Waals surface area contributed by atoms with Crippen LogP contribution in [0, 0.1) is 0 Å². The molecule has 0 radical (unpaired) electrons. The van der Waals surface area contributed by atoms with E-state index in [0.29, 0.717) is 18.4 Å². The van der Waals surface area contributed by atoms with Crippen molar-refractivity contribution in [3.05, 3.63) is 69.7 Å². The molecule has 2 aromatic rings. The molecule has 0 fully saturated rings. The van der Waals surface area contributed by atoms with Gasteiger partial charge in [-0.1, -0.05) is 58.4 Å². The van der Waals surface area contributed by atoms with Gasteiger partial charge in [0.05, 0.1) is 0 Å². The van der Waals surface area contributed by atoms with Gasteiger partial charge in [0.15, 0.2) is 11.4 Å². The lowest BCUT2D eigenvalue weighted by Crippen LogP contribution is -2.33. The van der Waals surface area contributed by atoms with Crippen LogP contribution < -0.4 is 0 Å². The Labute approximate surface area is 120 Å². The van der Waals surface area contributed by atoms with Crippen molar-refractivity contribution in [2.24, 2.45) is 0 Å². The quantitative estimate of drug-likeness (QED) is 0.861. The van der Waals surface area contributed by atoms with Gasteiger partial charge in [-0.15, -0.1) is 0 Å². The third-order valence-corrected chi connectivity index (χ3v) is 4.46. The van der Waals surface area contributed by atoms with E-state index in [1.165, 1.54) is 0 Å². The summed E-state index contributed by atoms with van der Waals surface area (Å²) in [5, 5.41) is 10.8. The Morgan fingerprint density at radius 1 is 1.11 bits per heavy atom. The summed E-state index contributed by atoms with van der Waals surface area (Å²) in [7, 11) is 0. The molecule has 96 valence electrons. The lowest BCUT2D eigenvalue weighted by Gasteiger charge is -2.22. The van der Waals surface area contributed by atoms with E-state index in [1.54, 1.807) is 12.1 Å². The summed E-state index contributed by atoms with van der Waals surface area (Å²) in [6.45, 7) is 0. The minimum absolute atomic E-state index is 0.218. The van der Waals surface area contributed by atoms with Crippen LogP contribution in [0.25, 0.3) is 0 Å². The number of hydrogen-bond donors (Lipinski definition) is 1. The summed E-state index contributed by atoms with van der Waals surface area (Å²) in [6.07, 6.45) is 1.16. The Bertz CT molecular complexity index is 636. The monoisotopic (exact) mass is 316 g/mol. The highest BCUT2D eigenvalue weighted by atomic mass is 79.9. The van der Waals surface area contributed by atoms with Crippen LogP contribution in [0.5, 0.6) is 0 Å². The van der Waals surface area contributed by atoms with Gasteiger partial charge in [0, 0.05) is 10.0 Å². The second-order valence-electron chi connectivity index (χ2n) is 4.82. The van der Waals surface area contributed by atoms with Gasteiger partial charge in [-0.05, 0) is 30.0 Å². The van der Waals surface area contributed by atoms with E-state index in [9.17, 15) is 9.90 Å². The number of carbonyl (C=O) groups excluding carboxylic acids is 1. The molecule has 3 heteroatoms. The number of carbonyl (C=O) groups is 1. The summed E-state index contributed by atoms with van der Waals surface area (Å²) in [4.78, 5) is 12.6. The molecule has 1 unspecified atom stereocenters. The maximum atomic E-state index is 12.6. The molecule has 1 atom stereocenters. The average molecular weight is 317 g/mol. The standard InChI is InChI=1S/C16H13BrO2/c17-14-8-4-7-13-12(14)9-10-16(13,19)15(18)11-5-2-1-3-6-11/h1-8,19H,9-10H2. The molecule has 0 spiro atoms. The van der Waals surface area contributed by atoms with Crippen molar-refractivity contribution in [2.45, 2.75) is 18.4 Å². The van der Waals surface area contributed by atoms with Gasteiger partial charge < -0.3 is 5.11 Å². The summed E-state index contributed by atoms with van der Waals surface area (Å²) in [6, 6.07) is 14.6. The smallest absolute Gasteiger partial charge is 0.198 e. The fourth-order valence-electron chi connectivity index (χ4n) is 2.70. The van der Waals surface area contributed by atoms with E-state index in [1.807, 2.05) is 36.4 Å². The maximum absolute atomic E-state index is 12.6. The number of hydrogen-bond acceptors (Lipinski definition) is 2. The number of ketones is 1. The molecule has 0 heterocycles. The van der Waals surface area contributed by atoms with Gasteiger partial charge in [0.2, 0.25) is 0 Å². The Balaban J connectivity index is 2.08. The Hall–Kier alpha value is -1.45. The minimum Gasteiger partial charge on any atom is -0.377 e. The number of fused-ring (bicyclic) bond motifs is 1. The highest BCUT2D eigenvalue weighted by molar-refractivity contribution is 9.10. The molecule has 0 aliphatic heterocycles. The molecule has 2 aromatic carbocycles. The van der Waals surface area contributed by atoms with E-state index in [-0.39, 0.29) is 5.78 Å². The van der Waals surface area contributed by atoms with Crippen molar-refractivity contribution in [3.63, 3.8) is 0 Å². The first-order valence-corrected chi connectivity index (χ1v) is 7.02. The van der Waals surface area contributed by atoms with Gasteiger partial charge in [0.25, 0.3) is 0 Å². The van der Waals surface area contributed by atoms with Crippen LogP contribution in [0.4, 0.5) is 0 Å². The molecule has 0 bridgehead atoms. The molecule has 0 saturated carbocycles. The zero-order chi connectivity index (χ0) is 13.5. The largest absolute Gasteiger partial charge is 0.377 e. The third kappa shape index (κ3) is 1.94. The van der Waals surface area contributed by atoms with Crippen LogP contribution in [-0.4, -0.2) is 10.9 Å². The van der Waals surface area contributed by atoms with Gasteiger partial charge in [-0.2, -0.15) is 0 Å². The van der Waals surface area contributed by atoms with Crippen molar-refractivity contribution in [3.8, 4) is 0 Å². The lowest BCUT2D eigenvalue weighted by atomic mass is 9.87. The van der Waals surface area contributed by atoms with Gasteiger partial charge >= 0.3 is 0 Å². The van der Waals surface area contributed by atoms with Crippen LogP contribution in [-0.2, 0) is 12.0 Å². The molecular formula is C16H13BrO2. The highest BCUT2D eigenvalue weighted by Crippen LogP contribution is 2.42. The van der Waals surface area contributed by atoms with E-state index in [0.717, 1.165) is 15.6 Å². The van der Waals surface area contributed by atoms with E-state index < -0.39 is 5.60 Å². The van der Waals surface area contributed by atoms with Crippen molar-refractivity contribution in [2.75, 3.05) is 0 Å². The zero-order valence-corrected chi connectivity index (χ0v) is 11.9. The van der Waals surface area contributed by atoms with Crippen molar-refractivity contribution in [1.82, 2.24) is 0 Å². The molecule has 0 aromatic heterocycles. The predicted molar refractivity (Wildman–Crippen MR) is 77.1 cm³/mol. The Kier molecular flexibility index (Phi) is 3.03. The minimum atomic E-state index is -1.39. The highest BCUT2D eigenvalue weighted by Gasteiger charge is 2.44. The molecule has 0 saturated heterocycles. The van der Waals surface area contributed by atoms with Crippen molar-refractivity contribution >= 4 is 21.7 Å². The van der Waals surface area contributed by atoms with E-state index >= 15 is 0 Å². The predicted octanol–water partition coefficient (Wildman–Crippen LogP) is 3.47. The summed E-state index contributed by atoms with van der Waals surface area (Å²) >= 11 is 3.48. The van der Waals surface area contributed by atoms with Gasteiger partial charge in [-0.3, -0.25) is 4.79 Å². The second kappa shape index (κ2) is 4.58. The molecule has 1 aliphatic rings. The molecule has 1 N–H and O–H groups in total. The fourth-order valence-corrected chi connectivity index (χ4v) is 3.27. The molecule has 3 rings (SSSR count). The van der Waals surface area contributed by atoms with Crippen LogP contribution in [0.3, 0.4) is 0 Å². The van der Waals surface area contributed by atoms with Crippen LogP contribution in [0.2, 0.25) is 0 Å². The van der Waals surface area contributed by atoms with Crippen LogP contribution in [0.1, 0.15) is 27.9 Å². The van der Waals surface area contributed by atoms with Gasteiger partial charge in [0.1, 0.15) is 0 Å². The van der Waals surface area contributed by atoms with Crippen molar-refractivity contribution in [1.29, 1.82) is 0 Å². The number of Topliss-reactive ketones (excluding diaryl/α,β-unsaturated/α-hetero) is 1. The second-order valence-corrected chi connectivity index (χ2v) is 5.68. The van der Waals surface area contributed by atoms with Crippen LogP contribution in [0.15, 0.2) is 53.0 Å². The first-order valence-electron chi connectivity index (χ1n) is 6.23. The average Bonchev–Trinajstić information content (AvgIpc) is 2.79. The zero-order valence-electron chi connectivity index (χ0n) is 10.3. The lowest BCUT2D eigenvalue weighted by molar-refractivity contribution is 0.0308. The van der Waals surface area contributed by atoms with E-state index in [4.69, 9.17) is 0 Å². The third-order valence-electron chi connectivity index (χ3n) is 3.71. The fraction of sp³-hybridized carbons (Fsp3) is 0.188. The number of benzene rings is 2. The topological polar surface area (TPSA) is 37.3 Å². The molecule has 0 amide bonds. The van der Waals surface area contributed by atoms with Crippen molar-refractivity contribution < 1.29 is 9.90 Å². The first-order chi connectivity index (χ1) is 9.13.